The van der Waals surface area contributed by atoms with Crippen molar-refractivity contribution in [2.24, 2.45) is 11.8 Å². The van der Waals surface area contributed by atoms with Gasteiger partial charge in [-0.1, -0.05) is 43.4 Å². The number of aliphatic hydroxyl groups excluding tert-OH is 2. The molecule has 1 aliphatic rings. The van der Waals surface area contributed by atoms with Crippen molar-refractivity contribution in [2.45, 2.75) is 64.1 Å². The Bertz CT molecular complexity index is 506. The average Bonchev–Trinajstić information content (AvgIpc) is 2.82. The Morgan fingerprint density at radius 1 is 1.28 bits per heavy atom. The van der Waals surface area contributed by atoms with Gasteiger partial charge in [-0.3, -0.25) is 9.59 Å². The standard InChI is InChI=1S/C20H30O5/c1-2-3-6-9-15(21)12-13-17-16(18(22)14-19(17)23)10-7-4-5-8-11-20(24)25/h3-4,6-7,12-13,15-18,21-22H,2,5,8-11,14H2,1H3,(H,24,25)/b6-3-,7-4-,13-12+/t15-,16+,17?,18-/m0/s1. The van der Waals surface area contributed by atoms with E-state index in [-0.39, 0.29) is 30.5 Å². The third-order valence-corrected chi connectivity index (χ3v) is 4.39. The van der Waals surface area contributed by atoms with Crippen molar-refractivity contribution in [3.8, 4) is 0 Å². The topological polar surface area (TPSA) is 94.8 Å². The zero-order valence-corrected chi connectivity index (χ0v) is 14.9. The molecule has 3 N–H and O–H groups in total. The first-order chi connectivity index (χ1) is 12.0. The van der Waals surface area contributed by atoms with Crippen molar-refractivity contribution in [1.29, 1.82) is 0 Å². The number of hydrogen-bond donors (Lipinski definition) is 3. The van der Waals surface area contributed by atoms with Crippen molar-refractivity contribution in [2.75, 3.05) is 0 Å². The summed E-state index contributed by atoms with van der Waals surface area (Å²) in [4.78, 5) is 22.5. The fourth-order valence-electron chi connectivity index (χ4n) is 3.00. The normalized spacial score (nSPS) is 25.6. The quantitative estimate of drug-likeness (QED) is 0.393. The number of Topliss-reactive ketones (excluding diaryl/α,β-unsaturated/α-hetero) is 1. The fraction of sp³-hybridized carbons (Fsp3) is 0.600. The Labute approximate surface area is 149 Å². The third-order valence-electron chi connectivity index (χ3n) is 4.39. The first kappa shape index (κ1) is 21.3. The number of unbranched alkanes of at least 4 members (excludes halogenated alkanes) is 1. The molecule has 0 heterocycles. The molecule has 0 saturated heterocycles. The molecule has 1 saturated carbocycles. The molecular formula is C20H30O5. The molecule has 0 aromatic heterocycles. The van der Waals surface area contributed by atoms with E-state index < -0.39 is 18.2 Å². The molecule has 140 valence electrons. The molecule has 0 spiro atoms. The highest BCUT2D eigenvalue weighted by atomic mass is 16.4. The number of allylic oxidation sites excluding steroid dienone is 4. The second-order valence-corrected chi connectivity index (χ2v) is 6.49. The highest BCUT2D eigenvalue weighted by Crippen LogP contribution is 2.33. The Morgan fingerprint density at radius 3 is 2.72 bits per heavy atom. The van der Waals surface area contributed by atoms with Crippen molar-refractivity contribution >= 4 is 11.8 Å². The Morgan fingerprint density at radius 2 is 2.04 bits per heavy atom. The largest absolute Gasteiger partial charge is 0.481 e. The van der Waals surface area contributed by atoms with Crippen LogP contribution in [0.2, 0.25) is 0 Å². The van der Waals surface area contributed by atoms with Crippen LogP contribution >= 0.6 is 0 Å². The maximum absolute atomic E-state index is 12.1. The summed E-state index contributed by atoms with van der Waals surface area (Å²) < 4.78 is 0. The molecular weight excluding hydrogens is 320 g/mol. The summed E-state index contributed by atoms with van der Waals surface area (Å²) in [7, 11) is 0. The Hall–Kier alpha value is -1.72. The minimum absolute atomic E-state index is 0.00401. The van der Waals surface area contributed by atoms with Gasteiger partial charge in [-0.05, 0) is 32.1 Å². The summed E-state index contributed by atoms with van der Waals surface area (Å²) >= 11 is 0. The number of ketones is 1. The van der Waals surface area contributed by atoms with Crippen LogP contribution in [0.1, 0.15) is 51.9 Å². The number of carbonyl (C=O) groups excluding carboxylic acids is 1. The fourth-order valence-corrected chi connectivity index (χ4v) is 3.00. The second-order valence-electron chi connectivity index (χ2n) is 6.49. The van der Waals surface area contributed by atoms with Gasteiger partial charge in [-0.2, -0.15) is 0 Å². The van der Waals surface area contributed by atoms with Gasteiger partial charge in [0.1, 0.15) is 5.78 Å². The van der Waals surface area contributed by atoms with Gasteiger partial charge in [0.2, 0.25) is 0 Å². The molecule has 0 aliphatic heterocycles. The molecule has 0 radical (unpaired) electrons. The van der Waals surface area contributed by atoms with Crippen molar-refractivity contribution in [3.63, 3.8) is 0 Å². The predicted octanol–water partition coefficient (Wildman–Crippen LogP) is 3.03. The number of carboxylic acid groups (broad SMARTS) is 1. The van der Waals surface area contributed by atoms with Crippen molar-refractivity contribution < 1.29 is 24.9 Å². The first-order valence-electron chi connectivity index (χ1n) is 9.04. The van der Waals surface area contributed by atoms with E-state index in [9.17, 15) is 19.8 Å². The van der Waals surface area contributed by atoms with Crippen LogP contribution in [0.5, 0.6) is 0 Å². The van der Waals surface area contributed by atoms with Gasteiger partial charge in [-0.15, -0.1) is 0 Å². The summed E-state index contributed by atoms with van der Waals surface area (Å²) in [6, 6.07) is 0. The molecule has 1 fully saturated rings. The SMILES string of the molecule is CC/C=C\C[C@H](O)/C=C/C1C(=O)C[C@H](O)[C@@H]1C/C=C\CCCC(=O)O. The number of rotatable bonds is 11. The van der Waals surface area contributed by atoms with E-state index in [1.807, 2.05) is 31.2 Å². The van der Waals surface area contributed by atoms with Gasteiger partial charge >= 0.3 is 5.97 Å². The smallest absolute Gasteiger partial charge is 0.303 e. The summed E-state index contributed by atoms with van der Waals surface area (Å²) in [6.45, 7) is 2.02. The zero-order valence-electron chi connectivity index (χ0n) is 14.9. The maximum atomic E-state index is 12.1. The van der Waals surface area contributed by atoms with E-state index in [4.69, 9.17) is 5.11 Å². The van der Waals surface area contributed by atoms with Gasteiger partial charge in [-0.25, -0.2) is 0 Å². The molecule has 0 aromatic carbocycles. The zero-order chi connectivity index (χ0) is 18.7. The molecule has 5 heteroatoms. The van der Waals surface area contributed by atoms with Crippen LogP contribution in [0.3, 0.4) is 0 Å². The van der Waals surface area contributed by atoms with Crippen LogP contribution in [0.25, 0.3) is 0 Å². The minimum Gasteiger partial charge on any atom is -0.481 e. The van der Waals surface area contributed by atoms with E-state index in [2.05, 4.69) is 0 Å². The summed E-state index contributed by atoms with van der Waals surface area (Å²) in [5.74, 6) is -1.35. The molecule has 5 nitrogen and oxygen atoms in total. The molecule has 1 rings (SSSR count). The monoisotopic (exact) mass is 350 g/mol. The second kappa shape index (κ2) is 11.8. The molecule has 1 unspecified atom stereocenters. The highest BCUT2D eigenvalue weighted by Gasteiger charge is 2.39. The summed E-state index contributed by atoms with van der Waals surface area (Å²) in [5, 5.41) is 28.6. The van der Waals surface area contributed by atoms with E-state index in [1.165, 1.54) is 0 Å². The van der Waals surface area contributed by atoms with E-state index in [1.54, 1.807) is 12.2 Å². The van der Waals surface area contributed by atoms with E-state index in [0.717, 1.165) is 6.42 Å². The molecule has 4 atom stereocenters. The van der Waals surface area contributed by atoms with Crippen LogP contribution in [0.4, 0.5) is 0 Å². The summed E-state index contributed by atoms with van der Waals surface area (Å²) in [6.07, 6.45) is 13.4. The van der Waals surface area contributed by atoms with E-state index >= 15 is 0 Å². The predicted molar refractivity (Wildman–Crippen MR) is 97.0 cm³/mol. The number of hydrogen-bond acceptors (Lipinski definition) is 4. The van der Waals surface area contributed by atoms with Gasteiger partial charge in [0, 0.05) is 24.7 Å². The van der Waals surface area contributed by atoms with Gasteiger partial charge < -0.3 is 15.3 Å². The highest BCUT2D eigenvalue weighted by molar-refractivity contribution is 5.86. The van der Waals surface area contributed by atoms with E-state index in [0.29, 0.717) is 25.7 Å². The van der Waals surface area contributed by atoms with Crippen LogP contribution in [0.15, 0.2) is 36.5 Å². The lowest BCUT2D eigenvalue weighted by molar-refractivity contribution is -0.137. The van der Waals surface area contributed by atoms with Gasteiger partial charge in [0.15, 0.2) is 0 Å². The maximum Gasteiger partial charge on any atom is 0.303 e. The molecule has 0 amide bonds. The van der Waals surface area contributed by atoms with Crippen molar-refractivity contribution in [3.05, 3.63) is 36.5 Å². The number of carbonyl (C=O) groups is 2. The van der Waals surface area contributed by atoms with Crippen molar-refractivity contribution in [1.82, 2.24) is 0 Å². The summed E-state index contributed by atoms with van der Waals surface area (Å²) in [5.41, 5.74) is 0. The lowest BCUT2D eigenvalue weighted by atomic mass is 9.90. The Kier molecular flexibility index (Phi) is 10.0. The van der Waals surface area contributed by atoms with Gasteiger partial charge in [0.25, 0.3) is 0 Å². The molecule has 0 aromatic rings. The third kappa shape index (κ3) is 8.27. The van der Waals surface area contributed by atoms with Crippen LogP contribution < -0.4 is 0 Å². The molecule has 0 bridgehead atoms. The average molecular weight is 350 g/mol. The lowest BCUT2D eigenvalue weighted by Crippen LogP contribution is -2.19. The molecule has 1 aliphatic carbocycles. The van der Waals surface area contributed by atoms with Crippen LogP contribution in [-0.4, -0.2) is 39.3 Å². The Balaban J connectivity index is 2.52. The number of carboxylic acids is 1. The minimum atomic E-state index is -0.803. The molecule has 25 heavy (non-hydrogen) atoms. The van der Waals surface area contributed by atoms with Gasteiger partial charge in [0.05, 0.1) is 12.2 Å². The number of aliphatic carboxylic acids is 1. The first-order valence-corrected chi connectivity index (χ1v) is 9.04. The van der Waals surface area contributed by atoms with Crippen LogP contribution in [0, 0.1) is 11.8 Å². The lowest BCUT2D eigenvalue weighted by Gasteiger charge is -2.17. The number of aliphatic hydroxyl groups is 2. The van der Waals surface area contributed by atoms with Crippen LogP contribution in [-0.2, 0) is 9.59 Å².